The standard InChI is InChI=1S/C11H14N2O3S/c1-2-4-13-10(14)7-17-8-3-5-12-9(6-8)11(15)16/h3,5-6H,2,4,7H2,1H3,(H,13,14)(H,15,16). The minimum Gasteiger partial charge on any atom is -0.477 e. The molecule has 0 bridgehead atoms. The van der Waals surface area contributed by atoms with Crippen LogP contribution in [0.4, 0.5) is 0 Å². The predicted octanol–water partition coefficient (Wildman–Crippen LogP) is 1.40. The molecular weight excluding hydrogens is 240 g/mol. The van der Waals surface area contributed by atoms with E-state index in [0.717, 1.165) is 11.3 Å². The number of carbonyl (C=O) groups is 2. The first kappa shape index (κ1) is 13.5. The van der Waals surface area contributed by atoms with Crippen molar-refractivity contribution in [2.75, 3.05) is 12.3 Å². The molecule has 1 heterocycles. The first-order valence-corrected chi connectivity index (χ1v) is 6.21. The topological polar surface area (TPSA) is 79.3 Å². The van der Waals surface area contributed by atoms with Crippen LogP contribution in [-0.2, 0) is 4.79 Å². The van der Waals surface area contributed by atoms with Crippen molar-refractivity contribution in [2.24, 2.45) is 0 Å². The second-order valence-corrected chi connectivity index (χ2v) is 4.37. The zero-order chi connectivity index (χ0) is 12.7. The summed E-state index contributed by atoms with van der Waals surface area (Å²) in [6.07, 6.45) is 2.32. The number of rotatable bonds is 6. The third-order valence-electron chi connectivity index (χ3n) is 1.89. The Labute approximate surface area is 104 Å². The van der Waals surface area contributed by atoms with Crippen LogP contribution in [0.15, 0.2) is 23.2 Å². The number of nitrogens with zero attached hydrogens (tertiary/aromatic N) is 1. The Morgan fingerprint density at radius 1 is 1.53 bits per heavy atom. The normalized spacial score (nSPS) is 9.94. The number of aromatic carboxylic acids is 1. The highest BCUT2D eigenvalue weighted by molar-refractivity contribution is 8.00. The molecular formula is C11H14N2O3S. The first-order valence-electron chi connectivity index (χ1n) is 5.22. The monoisotopic (exact) mass is 254 g/mol. The molecule has 1 aromatic rings. The maximum absolute atomic E-state index is 11.3. The average Bonchev–Trinajstić information content (AvgIpc) is 2.34. The van der Waals surface area contributed by atoms with Gasteiger partial charge >= 0.3 is 5.97 Å². The SMILES string of the molecule is CCCNC(=O)CSc1ccnc(C(=O)O)c1. The van der Waals surface area contributed by atoms with E-state index in [1.807, 2.05) is 6.92 Å². The fraction of sp³-hybridized carbons (Fsp3) is 0.364. The van der Waals surface area contributed by atoms with Crippen molar-refractivity contribution in [1.29, 1.82) is 0 Å². The summed E-state index contributed by atoms with van der Waals surface area (Å²) >= 11 is 1.30. The minimum atomic E-state index is -1.07. The lowest BCUT2D eigenvalue weighted by molar-refractivity contribution is -0.118. The van der Waals surface area contributed by atoms with Gasteiger partial charge < -0.3 is 10.4 Å². The number of amides is 1. The number of hydrogen-bond acceptors (Lipinski definition) is 4. The minimum absolute atomic E-state index is 0.0102. The summed E-state index contributed by atoms with van der Waals surface area (Å²) in [5.74, 6) is -0.836. The van der Waals surface area contributed by atoms with Gasteiger partial charge in [0.2, 0.25) is 5.91 Å². The second kappa shape index (κ2) is 6.90. The lowest BCUT2D eigenvalue weighted by Crippen LogP contribution is -2.25. The van der Waals surface area contributed by atoms with Crippen LogP contribution < -0.4 is 5.32 Å². The number of thioether (sulfide) groups is 1. The molecule has 6 heteroatoms. The van der Waals surface area contributed by atoms with E-state index in [2.05, 4.69) is 10.3 Å². The number of hydrogen-bond donors (Lipinski definition) is 2. The van der Waals surface area contributed by atoms with E-state index in [9.17, 15) is 9.59 Å². The summed E-state index contributed by atoms with van der Waals surface area (Å²) in [4.78, 5) is 26.4. The Balaban J connectivity index is 2.49. The largest absolute Gasteiger partial charge is 0.477 e. The van der Waals surface area contributed by atoms with Gasteiger partial charge in [-0.25, -0.2) is 9.78 Å². The maximum Gasteiger partial charge on any atom is 0.354 e. The highest BCUT2D eigenvalue weighted by atomic mass is 32.2. The molecule has 17 heavy (non-hydrogen) atoms. The Bertz CT molecular complexity index is 409. The third-order valence-corrected chi connectivity index (χ3v) is 2.89. The van der Waals surface area contributed by atoms with Gasteiger partial charge in [0, 0.05) is 17.6 Å². The zero-order valence-electron chi connectivity index (χ0n) is 9.47. The molecule has 0 aromatic carbocycles. The van der Waals surface area contributed by atoms with Gasteiger partial charge in [0.15, 0.2) is 0 Å². The highest BCUT2D eigenvalue weighted by Crippen LogP contribution is 2.17. The van der Waals surface area contributed by atoms with E-state index in [-0.39, 0.29) is 17.4 Å². The molecule has 0 unspecified atom stereocenters. The van der Waals surface area contributed by atoms with E-state index in [0.29, 0.717) is 6.54 Å². The van der Waals surface area contributed by atoms with Crippen molar-refractivity contribution in [2.45, 2.75) is 18.2 Å². The summed E-state index contributed by atoms with van der Waals surface area (Å²) < 4.78 is 0. The fourth-order valence-corrected chi connectivity index (χ4v) is 1.83. The van der Waals surface area contributed by atoms with E-state index in [1.165, 1.54) is 24.0 Å². The summed E-state index contributed by atoms with van der Waals surface area (Å²) in [6, 6.07) is 3.14. The van der Waals surface area contributed by atoms with Gasteiger partial charge in [-0.05, 0) is 18.6 Å². The molecule has 5 nitrogen and oxygen atoms in total. The van der Waals surface area contributed by atoms with Crippen LogP contribution >= 0.6 is 11.8 Å². The average molecular weight is 254 g/mol. The molecule has 0 aliphatic carbocycles. The quantitative estimate of drug-likeness (QED) is 0.750. The molecule has 0 radical (unpaired) electrons. The molecule has 2 N–H and O–H groups in total. The van der Waals surface area contributed by atoms with Crippen molar-refractivity contribution in [3.8, 4) is 0 Å². The molecule has 92 valence electrons. The number of nitrogens with one attached hydrogen (secondary N) is 1. The van der Waals surface area contributed by atoms with Crippen molar-refractivity contribution in [1.82, 2.24) is 10.3 Å². The Morgan fingerprint density at radius 3 is 2.94 bits per heavy atom. The van der Waals surface area contributed by atoms with Crippen molar-refractivity contribution >= 4 is 23.6 Å². The molecule has 1 amide bonds. The number of carboxylic acid groups (broad SMARTS) is 1. The Hall–Kier alpha value is -1.56. The van der Waals surface area contributed by atoms with Gasteiger partial charge in [0.25, 0.3) is 0 Å². The Kier molecular flexibility index (Phi) is 5.48. The van der Waals surface area contributed by atoms with Crippen LogP contribution in [0, 0.1) is 0 Å². The van der Waals surface area contributed by atoms with Crippen molar-refractivity contribution in [3.05, 3.63) is 24.0 Å². The van der Waals surface area contributed by atoms with Crippen molar-refractivity contribution in [3.63, 3.8) is 0 Å². The van der Waals surface area contributed by atoms with E-state index >= 15 is 0 Å². The smallest absolute Gasteiger partial charge is 0.354 e. The summed E-state index contributed by atoms with van der Waals surface area (Å²) in [5.41, 5.74) is -0.0102. The number of pyridine rings is 1. The van der Waals surface area contributed by atoms with Gasteiger partial charge in [-0.3, -0.25) is 4.79 Å². The number of carbonyl (C=O) groups excluding carboxylic acids is 1. The fourth-order valence-electron chi connectivity index (χ4n) is 1.08. The van der Waals surface area contributed by atoms with Crippen LogP contribution in [0.2, 0.25) is 0 Å². The zero-order valence-corrected chi connectivity index (χ0v) is 10.3. The van der Waals surface area contributed by atoms with Gasteiger partial charge in [-0.1, -0.05) is 6.92 Å². The van der Waals surface area contributed by atoms with Gasteiger partial charge in [0.1, 0.15) is 5.69 Å². The third kappa shape index (κ3) is 4.86. The summed E-state index contributed by atoms with van der Waals surface area (Å²) in [7, 11) is 0. The van der Waals surface area contributed by atoms with Crippen LogP contribution in [0.5, 0.6) is 0 Å². The molecule has 0 saturated carbocycles. The molecule has 0 spiro atoms. The molecule has 1 aromatic heterocycles. The van der Waals surface area contributed by atoms with Crippen molar-refractivity contribution < 1.29 is 14.7 Å². The van der Waals surface area contributed by atoms with Crippen LogP contribution in [0.25, 0.3) is 0 Å². The van der Waals surface area contributed by atoms with E-state index in [4.69, 9.17) is 5.11 Å². The Morgan fingerprint density at radius 2 is 2.29 bits per heavy atom. The van der Waals surface area contributed by atoms with Crippen LogP contribution in [0.3, 0.4) is 0 Å². The lowest BCUT2D eigenvalue weighted by atomic mass is 10.3. The van der Waals surface area contributed by atoms with Gasteiger partial charge in [0.05, 0.1) is 5.75 Å². The van der Waals surface area contributed by atoms with Gasteiger partial charge in [-0.2, -0.15) is 0 Å². The van der Waals surface area contributed by atoms with E-state index in [1.54, 1.807) is 6.07 Å². The lowest BCUT2D eigenvalue weighted by Gasteiger charge is -2.03. The number of aromatic nitrogens is 1. The molecule has 0 aliphatic heterocycles. The maximum atomic E-state index is 11.3. The predicted molar refractivity (Wildman–Crippen MR) is 65.2 cm³/mol. The second-order valence-electron chi connectivity index (χ2n) is 3.32. The molecule has 0 saturated heterocycles. The van der Waals surface area contributed by atoms with Crippen LogP contribution in [-0.4, -0.2) is 34.3 Å². The summed E-state index contributed by atoms with van der Waals surface area (Å²) in [5, 5.41) is 11.5. The first-order chi connectivity index (χ1) is 8.13. The summed E-state index contributed by atoms with van der Waals surface area (Å²) in [6.45, 7) is 2.64. The molecule has 0 aliphatic rings. The highest BCUT2D eigenvalue weighted by Gasteiger charge is 2.06. The van der Waals surface area contributed by atoms with E-state index < -0.39 is 5.97 Å². The number of carboxylic acids is 1. The molecule has 0 fully saturated rings. The molecule has 0 atom stereocenters. The molecule has 1 rings (SSSR count). The van der Waals surface area contributed by atoms with Crippen LogP contribution in [0.1, 0.15) is 23.8 Å². The van der Waals surface area contributed by atoms with Gasteiger partial charge in [-0.15, -0.1) is 11.8 Å².